The molecule has 242 valence electrons. The number of esters is 4. The summed E-state index contributed by atoms with van der Waals surface area (Å²) in [6.07, 6.45) is 5.89. The molecule has 5 aromatic rings. The molecular weight excluding hydrogens is 626 g/mol. The molecule has 0 fully saturated rings. The lowest BCUT2D eigenvalue weighted by Crippen LogP contribution is -2.43. The minimum Gasteiger partial charge on any atom is -0.389 e. The lowest BCUT2D eigenvalue weighted by molar-refractivity contribution is -0.141. The van der Waals surface area contributed by atoms with Crippen LogP contribution < -0.4 is 21.9 Å². The van der Waals surface area contributed by atoms with E-state index in [4.69, 9.17) is 15.2 Å². The molecule has 0 aliphatic carbocycles. The Kier molecular flexibility index (Phi) is 10.1. The third kappa shape index (κ3) is 8.42. The van der Waals surface area contributed by atoms with Gasteiger partial charge in [-0.25, -0.2) is 24.4 Å². The number of rotatable bonds is 11. The summed E-state index contributed by atoms with van der Waals surface area (Å²) in [5.41, 5.74) is 6.31. The summed E-state index contributed by atoms with van der Waals surface area (Å²) in [5, 5.41) is 5.55. The Morgan fingerprint density at radius 1 is 0.833 bits per heavy atom. The molecular formula is C31H25N9O8. The quantitative estimate of drug-likeness (QED) is 0.116. The molecule has 48 heavy (non-hydrogen) atoms. The third-order valence-corrected chi connectivity index (χ3v) is 6.54. The van der Waals surface area contributed by atoms with Gasteiger partial charge in [-0.3, -0.25) is 24.4 Å². The molecule has 0 saturated heterocycles. The van der Waals surface area contributed by atoms with Gasteiger partial charge in [-0.2, -0.15) is 4.98 Å². The zero-order valence-electron chi connectivity index (χ0n) is 24.8. The lowest BCUT2D eigenvalue weighted by Gasteiger charge is -2.17. The van der Waals surface area contributed by atoms with E-state index in [2.05, 4.69) is 40.5 Å². The summed E-state index contributed by atoms with van der Waals surface area (Å²) in [4.78, 5) is 97.5. The van der Waals surface area contributed by atoms with Gasteiger partial charge in [0.1, 0.15) is 6.04 Å². The van der Waals surface area contributed by atoms with E-state index in [9.17, 15) is 28.8 Å². The molecule has 4 heterocycles. The fraction of sp³-hybridized carbons (Fsp3) is 0.129. The van der Waals surface area contributed by atoms with Crippen molar-refractivity contribution in [2.75, 3.05) is 11.1 Å². The number of carbonyl (C=O) groups is 5. The number of nitrogens with one attached hydrogen (secondary N) is 3. The standard InChI is InChI=1S/C31H25N9O8/c32-31-39-25-24(27(43)40-31)37-21(16-36-25)15-35-20-7-5-17(6-8-20)26(42)38-22(30(46)48-29(45)19-4-2-12-34-14-19)9-10-23(41)47-28(44)18-3-1-11-33-13-18/h1-8,11-14,16,22,35H,9-10,15H2,(H,38,42)(H3,32,36,39,40,43)/t22-/m0/s1. The van der Waals surface area contributed by atoms with E-state index >= 15 is 0 Å². The van der Waals surface area contributed by atoms with Crippen LogP contribution in [0.15, 0.2) is 84.3 Å². The van der Waals surface area contributed by atoms with Crippen molar-refractivity contribution in [3.63, 3.8) is 0 Å². The number of nitrogens with zero attached hydrogens (tertiary/aromatic N) is 5. The number of anilines is 2. The third-order valence-electron chi connectivity index (χ3n) is 6.54. The molecule has 0 spiro atoms. The van der Waals surface area contributed by atoms with Gasteiger partial charge in [0.05, 0.1) is 29.6 Å². The van der Waals surface area contributed by atoms with E-state index in [0.717, 1.165) is 0 Å². The van der Waals surface area contributed by atoms with Gasteiger partial charge in [-0.15, -0.1) is 0 Å². The molecule has 5 rings (SSSR count). The highest BCUT2D eigenvalue weighted by Gasteiger charge is 2.27. The summed E-state index contributed by atoms with van der Waals surface area (Å²) in [6.45, 7) is 0.177. The number of ether oxygens (including phenoxy) is 2. The number of amides is 1. The van der Waals surface area contributed by atoms with Crippen LogP contribution in [0.1, 0.15) is 49.6 Å². The Labute approximate surface area is 270 Å². The van der Waals surface area contributed by atoms with Crippen LogP contribution in [-0.4, -0.2) is 65.7 Å². The minimum atomic E-state index is -1.48. The maximum atomic E-state index is 13.1. The zero-order valence-corrected chi connectivity index (χ0v) is 24.8. The van der Waals surface area contributed by atoms with Crippen molar-refractivity contribution in [1.29, 1.82) is 0 Å². The van der Waals surface area contributed by atoms with Crippen LogP contribution in [0.25, 0.3) is 11.2 Å². The molecule has 1 atom stereocenters. The number of nitrogens with two attached hydrogens (primary N) is 1. The molecule has 1 amide bonds. The first-order chi connectivity index (χ1) is 23.2. The molecule has 17 nitrogen and oxygen atoms in total. The highest BCUT2D eigenvalue weighted by Crippen LogP contribution is 2.13. The molecule has 0 aliphatic rings. The van der Waals surface area contributed by atoms with Gasteiger partial charge in [0.25, 0.3) is 5.91 Å². The predicted molar refractivity (Wildman–Crippen MR) is 166 cm³/mol. The van der Waals surface area contributed by atoms with Crippen LogP contribution >= 0.6 is 0 Å². The van der Waals surface area contributed by atoms with Crippen LogP contribution in [0.3, 0.4) is 0 Å². The normalized spacial score (nSPS) is 11.2. The summed E-state index contributed by atoms with van der Waals surface area (Å²) in [5.74, 6) is -4.88. The smallest absolute Gasteiger partial charge is 0.347 e. The van der Waals surface area contributed by atoms with Gasteiger partial charge in [-0.1, -0.05) is 0 Å². The van der Waals surface area contributed by atoms with Crippen LogP contribution in [0.4, 0.5) is 11.6 Å². The number of nitrogen functional groups attached to an aromatic ring is 1. The van der Waals surface area contributed by atoms with Crippen molar-refractivity contribution in [3.05, 3.63) is 112 Å². The Balaban J connectivity index is 1.22. The lowest BCUT2D eigenvalue weighted by atomic mass is 10.1. The highest BCUT2D eigenvalue weighted by molar-refractivity contribution is 6.01. The summed E-state index contributed by atoms with van der Waals surface area (Å²) in [6, 6.07) is 10.4. The Morgan fingerprint density at radius 2 is 1.50 bits per heavy atom. The van der Waals surface area contributed by atoms with Crippen LogP contribution in [0, 0.1) is 0 Å². The second-order valence-electron chi connectivity index (χ2n) is 9.93. The van der Waals surface area contributed by atoms with E-state index in [0.29, 0.717) is 11.4 Å². The molecule has 0 aliphatic heterocycles. The van der Waals surface area contributed by atoms with Gasteiger partial charge >= 0.3 is 29.4 Å². The second-order valence-corrected chi connectivity index (χ2v) is 9.93. The van der Waals surface area contributed by atoms with E-state index in [1.807, 2.05) is 0 Å². The summed E-state index contributed by atoms with van der Waals surface area (Å²) in [7, 11) is 0. The van der Waals surface area contributed by atoms with Gasteiger partial charge in [0.15, 0.2) is 11.2 Å². The number of aromatic nitrogens is 6. The molecule has 0 unspecified atom stereocenters. The molecule has 0 radical (unpaired) electrons. The van der Waals surface area contributed by atoms with Crippen molar-refractivity contribution in [2.45, 2.75) is 25.4 Å². The van der Waals surface area contributed by atoms with E-state index in [-0.39, 0.29) is 46.8 Å². The number of hydrogen-bond acceptors (Lipinski definition) is 15. The first-order valence-corrected chi connectivity index (χ1v) is 14.1. The molecule has 0 saturated carbocycles. The fourth-order valence-corrected chi connectivity index (χ4v) is 4.15. The van der Waals surface area contributed by atoms with Gasteiger partial charge in [0, 0.05) is 42.5 Å². The average molecular weight is 652 g/mol. The van der Waals surface area contributed by atoms with Crippen LogP contribution in [0.5, 0.6) is 0 Å². The van der Waals surface area contributed by atoms with E-state index in [1.165, 1.54) is 67.4 Å². The molecule has 0 bridgehead atoms. The van der Waals surface area contributed by atoms with E-state index < -0.39 is 47.8 Å². The summed E-state index contributed by atoms with van der Waals surface area (Å²) < 4.78 is 9.75. The number of carbonyl (C=O) groups excluding carboxylic acids is 5. The van der Waals surface area contributed by atoms with Gasteiger partial charge in [-0.05, 0) is 55.0 Å². The Morgan fingerprint density at radius 3 is 2.15 bits per heavy atom. The van der Waals surface area contributed by atoms with Gasteiger partial charge < -0.3 is 30.8 Å². The van der Waals surface area contributed by atoms with Crippen molar-refractivity contribution in [2.24, 2.45) is 0 Å². The first-order valence-electron chi connectivity index (χ1n) is 14.1. The maximum absolute atomic E-state index is 13.1. The SMILES string of the molecule is Nc1nc(=O)c2nc(CNc3ccc(C(=O)N[C@@H](CCC(=O)OC(=O)c4cccnc4)C(=O)OC(=O)c4cccnc4)cc3)cnc2[nH]1. The Bertz CT molecular complexity index is 2040. The number of H-pyrrole nitrogens is 1. The average Bonchev–Trinajstić information content (AvgIpc) is 3.10. The van der Waals surface area contributed by atoms with Crippen molar-refractivity contribution in [3.8, 4) is 0 Å². The van der Waals surface area contributed by atoms with Crippen molar-refractivity contribution in [1.82, 2.24) is 35.2 Å². The second kappa shape index (κ2) is 14.9. The van der Waals surface area contributed by atoms with Crippen LogP contribution in [0.2, 0.25) is 0 Å². The topological polar surface area (TPSA) is 251 Å². The molecule has 4 aromatic heterocycles. The molecule has 1 aromatic carbocycles. The number of hydrogen-bond donors (Lipinski definition) is 4. The molecule has 17 heteroatoms. The zero-order chi connectivity index (χ0) is 34.0. The van der Waals surface area contributed by atoms with Crippen molar-refractivity contribution >= 4 is 52.6 Å². The van der Waals surface area contributed by atoms with Gasteiger partial charge in [0.2, 0.25) is 5.95 Å². The minimum absolute atomic E-state index is 0.0108. The number of benzene rings is 1. The number of aromatic amines is 1. The largest absolute Gasteiger partial charge is 0.389 e. The maximum Gasteiger partial charge on any atom is 0.347 e. The Hall–Kier alpha value is -6.91. The summed E-state index contributed by atoms with van der Waals surface area (Å²) >= 11 is 0. The highest BCUT2D eigenvalue weighted by atomic mass is 16.6. The number of fused-ring (bicyclic) bond motifs is 1. The van der Waals surface area contributed by atoms with Crippen LogP contribution in [-0.2, 0) is 25.6 Å². The monoisotopic (exact) mass is 651 g/mol. The molecule has 5 N–H and O–H groups in total. The fourth-order valence-electron chi connectivity index (χ4n) is 4.15. The van der Waals surface area contributed by atoms with E-state index in [1.54, 1.807) is 12.1 Å². The predicted octanol–water partition coefficient (Wildman–Crippen LogP) is 1.34. The first kappa shape index (κ1) is 32.5. The number of pyridine rings is 2. The van der Waals surface area contributed by atoms with Crippen molar-refractivity contribution < 1.29 is 33.4 Å².